The van der Waals surface area contributed by atoms with Crippen LogP contribution in [-0.4, -0.2) is 36.5 Å². The Morgan fingerprint density at radius 1 is 1.27 bits per heavy atom. The highest BCUT2D eigenvalue weighted by Gasteiger charge is 2.13. The van der Waals surface area contributed by atoms with Crippen molar-refractivity contribution in [3.63, 3.8) is 0 Å². The number of hydrogen-bond donors (Lipinski definition) is 3. The second-order valence-corrected chi connectivity index (χ2v) is 4.23. The first-order chi connectivity index (χ1) is 10.6. The van der Waals surface area contributed by atoms with E-state index in [1.54, 1.807) is 6.92 Å². The summed E-state index contributed by atoms with van der Waals surface area (Å²) in [4.78, 5) is 43.7. The molecule has 3 heterocycles. The molecule has 0 atom stereocenters. The van der Waals surface area contributed by atoms with Crippen LogP contribution in [0.4, 0.5) is 5.95 Å². The number of H-pyrrole nitrogens is 2. The van der Waals surface area contributed by atoms with E-state index in [0.29, 0.717) is 6.61 Å². The fourth-order valence-corrected chi connectivity index (χ4v) is 1.87. The minimum atomic E-state index is -0.603. The molecular formula is C12H11N7O3. The Morgan fingerprint density at radius 3 is 2.82 bits per heavy atom. The zero-order chi connectivity index (χ0) is 15.7. The van der Waals surface area contributed by atoms with E-state index in [9.17, 15) is 9.59 Å². The van der Waals surface area contributed by atoms with Gasteiger partial charge in [-0.3, -0.25) is 9.78 Å². The van der Waals surface area contributed by atoms with Gasteiger partial charge >= 0.3 is 5.69 Å². The van der Waals surface area contributed by atoms with Crippen LogP contribution in [0.1, 0.15) is 6.92 Å². The third-order valence-electron chi connectivity index (χ3n) is 2.77. The van der Waals surface area contributed by atoms with Crippen molar-refractivity contribution >= 4 is 17.1 Å². The maximum Gasteiger partial charge on any atom is 0.325 e. The molecule has 0 unspecified atom stereocenters. The van der Waals surface area contributed by atoms with E-state index < -0.39 is 11.2 Å². The zero-order valence-electron chi connectivity index (χ0n) is 11.5. The number of nitrogens with two attached hydrogens (primary N) is 1. The fourth-order valence-electron chi connectivity index (χ4n) is 1.87. The van der Waals surface area contributed by atoms with Crippen LogP contribution < -0.4 is 21.7 Å². The first kappa shape index (κ1) is 13.7. The summed E-state index contributed by atoms with van der Waals surface area (Å²) in [5.74, 6) is 0.195. The number of fused-ring (bicyclic) bond motifs is 1. The van der Waals surface area contributed by atoms with Gasteiger partial charge in [0.2, 0.25) is 11.8 Å². The Balaban J connectivity index is 2.24. The fraction of sp³-hybridized carbons (Fsp3) is 0.167. The molecule has 0 bridgehead atoms. The van der Waals surface area contributed by atoms with Crippen molar-refractivity contribution in [3.05, 3.63) is 33.2 Å². The van der Waals surface area contributed by atoms with Gasteiger partial charge in [0, 0.05) is 6.20 Å². The van der Waals surface area contributed by atoms with E-state index >= 15 is 0 Å². The van der Waals surface area contributed by atoms with Crippen molar-refractivity contribution in [2.45, 2.75) is 6.92 Å². The molecule has 0 spiro atoms. The number of aromatic nitrogens is 6. The molecule has 0 saturated carbocycles. The minimum Gasteiger partial charge on any atom is -0.476 e. The lowest BCUT2D eigenvalue weighted by molar-refractivity contribution is 0.330. The zero-order valence-corrected chi connectivity index (χ0v) is 11.5. The number of ether oxygens (including phenoxy) is 1. The van der Waals surface area contributed by atoms with Crippen molar-refractivity contribution in [2.24, 2.45) is 0 Å². The van der Waals surface area contributed by atoms with E-state index in [1.165, 1.54) is 12.4 Å². The highest BCUT2D eigenvalue weighted by molar-refractivity contribution is 5.79. The van der Waals surface area contributed by atoms with Crippen LogP contribution in [0.5, 0.6) is 5.88 Å². The van der Waals surface area contributed by atoms with Crippen LogP contribution in [0.2, 0.25) is 0 Å². The molecule has 0 aromatic carbocycles. The SMILES string of the molecule is CCOc1nc(N)nc2ncc(-c3c[nH]c(=O)[nH]c3=O)nc12. The maximum atomic E-state index is 11.8. The average molecular weight is 301 g/mol. The molecule has 0 aliphatic heterocycles. The van der Waals surface area contributed by atoms with Gasteiger partial charge in [0.25, 0.3) is 5.56 Å². The molecule has 0 radical (unpaired) electrons. The average Bonchev–Trinajstić information content (AvgIpc) is 2.47. The van der Waals surface area contributed by atoms with Crippen molar-refractivity contribution in [2.75, 3.05) is 12.3 Å². The number of nitrogens with one attached hydrogen (secondary N) is 2. The van der Waals surface area contributed by atoms with Gasteiger partial charge in [-0.15, -0.1) is 0 Å². The molecule has 0 fully saturated rings. The van der Waals surface area contributed by atoms with E-state index in [-0.39, 0.29) is 34.2 Å². The van der Waals surface area contributed by atoms with Gasteiger partial charge in [-0.1, -0.05) is 0 Å². The Bertz CT molecular complexity index is 963. The van der Waals surface area contributed by atoms with Crippen LogP contribution in [0.15, 0.2) is 22.0 Å². The molecule has 22 heavy (non-hydrogen) atoms. The molecule has 0 amide bonds. The van der Waals surface area contributed by atoms with Gasteiger partial charge in [-0.2, -0.15) is 9.97 Å². The smallest absolute Gasteiger partial charge is 0.325 e. The third-order valence-corrected chi connectivity index (χ3v) is 2.77. The van der Waals surface area contributed by atoms with E-state index in [2.05, 4.69) is 29.9 Å². The summed E-state index contributed by atoms with van der Waals surface area (Å²) in [5, 5.41) is 0. The molecular weight excluding hydrogens is 290 g/mol. The summed E-state index contributed by atoms with van der Waals surface area (Å²) in [6.45, 7) is 2.14. The highest BCUT2D eigenvalue weighted by atomic mass is 16.5. The molecule has 0 saturated heterocycles. The molecule has 112 valence electrons. The number of hydrogen-bond acceptors (Lipinski definition) is 8. The highest BCUT2D eigenvalue weighted by Crippen LogP contribution is 2.22. The lowest BCUT2D eigenvalue weighted by Crippen LogP contribution is -2.22. The van der Waals surface area contributed by atoms with Crippen LogP contribution in [-0.2, 0) is 0 Å². The summed E-state index contributed by atoms with van der Waals surface area (Å²) in [5.41, 5.74) is 5.34. The van der Waals surface area contributed by atoms with E-state index in [4.69, 9.17) is 10.5 Å². The molecule has 4 N–H and O–H groups in total. The van der Waals surface area contributed by atoms with E-state index in [1.807, 2.05) is 0 Å². The van der Waals surface area contributed by atoms with Crippen molar-refractivity contribution < 1.29 is 4.74 Å². The number of aromatic amines is 2. The second kappa shape index (κ2) is 5.24. The summed E-state index contributed by atoms with van der Waals surface area (Å²) in [7, 11) is 0. The summed E-state index contributed by atoms with van der Waals surface area (Å²) >= 11 is 0. The van der Waals surface area contributed by atoms with Gasteiger partial charge in [0.15, 0.2) is 11.2 Å². The lowest BCUT2D eigenvalue weighted by Gasteiger charge is -2.07. The molecule has 0 aliphatic rings. The predicted octanol–water partition coefficient (Wildman–Crippen LogP) is -0.556. The monoisotopic (exact) mass is 301 g/mol. The molecule has 0 aliphatic carbocycles. The van der Waals surface area contributed by atoms with Gasteiger partial charge in [0.1, 0.15) is 0 Å². The largest absolute Gasteiger partial charge is 0.476 e. The second-order valence-electron chi connectivity index (χ2n) is 4.23. The third kappa shape index (κ3) is 2.37. The lowest BCUT2D eigenvalue weighted by atomic mass is 10.2. The minimum absolute atomic E-state index is 0.0138. The standard InChI is InChI=1S/C12H11N7O3/c1-2-22-10-7-8(17-11(13)19-10)14-4-6(16-7)5-3-15-12(21)18-9(5)20/h3-4H,2H2,1H3,(H2,13,14,17,19)(H2,15,18,20,21). The Kier molecular flexibility index (Phi) is 3.26. The molecule has 10 nitrogen and oxygen atoms in total. The summed E-state index contributed by atoms with van der Waals surface area (Å²) in [6.07, 6.45) is 2.61. The predicted molar refractivity (Wildman–Crippen MR) is 77.4 cm³/mol. The van der Waals surface area contributed by atoms with E-state index in [0.717, 1.165) is 0 Å². The Hall–Kier alpha value is -3.30. The normalized spacial score (nSPS) is 10.8. The topological polar surface area (TPSA) is 153 Å². The van der Waals surface area contributed by atoms with Crippen LogP contribution in [0.3, 0.4) is 0 Å². The van der Waals surface area contributed by atoms with Gasteiger partial charge < -0.3 is 15.5 Å². The van der Waals surface area contributed by atoms with Crippen LogP contribution in [0.25, 0.3) is 22.4 Å². The molecule has 3 rings (SSSR count). The number of anilines is 1. The van der Waals surface area contributed by atoms with Crippen molar-refractivity contribution in [3.8, 4) is 17.1 Å². The first-order valence-corrected chi connectivity index (χ1v) is 6.34. The number of nitrogen functional groups attached to an aromatic ring is 1. The maximum absolute atomic E-state index is 11.8. The molecule has 3 aromatic heterocycles. The number of nitrogens with zero attached hydrogens (tertiary/aromatic N) is 4. The summed E-state index contributed by atoms with van der Waals surface area (Å²) < 4.78 is 5.36. The molecule has 3 aromatic rings. The van der Waals surface area contributed by atoms with Gasteiger partial charge in [0.05, 0.1) is 24.1 Å². The Labute approximate surface area is 122 Å². The first-order valence-electron chi connectivity index (χ1n) is 6.34. The van der Waals surface area contributed by atoms with Gasteiger partial charge in [-0.05, 0) is 6.92 Å². The number of rotatable bonds is 3. The Morgan fingerprint density at radius 2 is 2.09 bits per heavy atom. The van der Waals surface area contributed by atoms with Gasteiger partial charge in [-0.25, -0.2) is 14.8 Å². The quantitative estimate of drug-likeness (QED) is 0.582. The van der Waals surface area contributed by atoms with Crippen LogP contribution >= 0.6 is 0 Å². The van der Waals surface area contributed by atoms with Crippen molar-refractivity contribution in [1.29, 1.82) is 0 Å². The van der Waals surface area contributed by atoms with Crippen molar-refractivity contribution in [1.82, 2.24) is 29.9 Å². The summed E-state index contributed by atoms with van der Waals surface area (Å²) in [6, 6.07) is 0. The van der Waals surface area contributed by atoms with Crippen LogP contribution in [0, 0.1) is 0 Å². The molecule has 10 heteroatoms.